The summed E-state index contributed by atoms with van der Waals surface area (Å²) in [6.07, 6.45) is -0.224. The van der Waals surface area contributed by atoms with Crippen LogP contribution in [-0.4, -0.2) is 47.4 Å². The molecule has 1 aromatic carbocycles. The van der Waals surface area contributed by atoms with Crippen molar-refractivity contribution in [1.82, 2.24) is 10.0 Å². The maximum Gasteiger partial charge on any atom is 0.240 e. The molecule has 1 unspecified atom stereocenters. The number of hydrogen-bond donors (Lipinski definition) is 2. The van der Waals surface area contributed by atoms with Crippen molar-refractivity contribution in [3.8, 4) is 0 Å². The molecule has 0 amide bonds. The van der Waals surface area contributed by atoms with Crippen LogP contribution in [0.2, 0.25) is 0 Å². The fourth-order valence-electron chi connectivity index (χ4n) is 2.03. The van der Waals surface area contributed by atoms with E-state index in [1.165, 1.54) is 0 Å². The monoisotopic (exact) mass is 314 g/mol. The molecule has 1 aromatic rings. The normalized spacial score (nSPS) is 19.6. The molecule has 0 radical (unpaired) electrons. The second kappa shape index (κ2) is 7.86. The first-order chi connectivity index (χ1) is 10.1. The fourth-order valence-corrected chi connectivity index (χ4v) is 3.17. The van der Waals surface area contributed by atoms with Gasteiger partial charge in [0, 0.05) is 13.1 Å². The molecule has 1 atom stereocenters. The van der Waals surface area contributed by atoms with Gasteiger partial charge in [-0.1, -0.05) is 19.1 Å². The smallest absolute Gasteiger partial charge is 0.240 e. The second-order valence-corrected chi connectivity index (χ2v) is 6.61. The van der Waals surface area contributed by atoms with E-state index in [4.69, 9.17) is 9.47 Å². The number of ether oxygens (including phenoxy) is 2. The van der Waals surface area contributed by atoms with Gasteiger partial charge in [-0.2, -0.15) is 0 Å². The third-order valence-electron chi connectivity index (χ3n) is 3.17. The standard InChI is InChI=1S/C14H22N2O4S/c1-2-15-9-12-4-3-5-14(8-12)21(17,18)16-10-13-11-19-6-7-20-13/h3-5,8,13,15-16H,2,6-7,9-11H2,1H3. The third kappa shape index (κ3) is 5.05. The second-order valence-electron chi connectivity index (χ2n) is 4.85. The molecular formula is C14H22N2O4S. The highest BCUT2D eigenvalue weighted by atomic mass is 32.2. The van der Waals surface area contributed by atoms with Gasteiger partial charge in [-0.05, 0) is 24.2 Å². The van der Waals surface area contributed by atoms with Gasteiger partial charge < -0.3 is 14.8 Å². The molecule has 7 heteroatoms. The highest BCUT2D eigenvalue weighted by Gasteiger charge is 2.19. The highest BCUT2D eigenvalue weighted by Crippen LogP contribution is 2.12. The van der Waals surface area contributed by atoms with E-state index in [-0.39, 0.29) is 17.5 Å². The first kappa shape index (κ1) is 16.4. The highest BCUT2D eigenvalue weighted by molar-refractivity contribution is 7.89. The summed E-state index contributed by atoms with van der Waals surface area (Å²) in [7, 11) is -3.52. The molecule has 0 saturated carbocycles. The maximum absolute atomic E-state index is 12.3. The van der Waals surface area contributed by atoms with Crippen LogP contribution in [-0.2, 0) is 26.0 Å². The van der Waals surface area contributed by atoms with Crippen molar-refractivity contribution in [2.45, 2.75) is 24.5 Å². The average Bonchev–Trinajstić information content (AvgIpc) is 2.52. The van der Waals surface area contributed by atoms with Gasteiger partial charge in [-0.3, -0.25) is 0 Å². The number of sulfonamides is 1. The molecule has 21 heavy (non-hydrogen) atoms. The summed E-state index contributed by atoms with van der Waals surface area (Å²) in [6, 6.07) is 6.93. The topological polar surface area (TPSA) is 76.7 Å². The zero-order valence-corrected chi connectivity index (χ0v) is 13.0. The van der Waals surface area contributed by atoms with Gasteiger partial charge in [0.25, 0.3) is 0 Å². The lowest BCUT2D eigenvalue weighted by molar-refractivity contribution is -0.0846. The van der Waals surface area contributed by atoms with E-state index in [2.05, 4.69) is 10.0 Å². The summed E-state index contributed by atoms with van der Waals surface area (Å²) in [5, 5.41) is 3.18. The molecule has 2 N–H and O–H groups in total. The van der Waals surface area contributed by atoms with E-state index in [0.29, 0.717) is 26.4 Å². The first-order valence-corrected chi connectivity index (χ1v) is 8.59. The van der Waals surface area contributed by atoms with Crippen LogP contribution in [0.25, 0.3) is 0 Å². The third-order valence-corrected chi connectivity index (χ3v) is 4.60. The minimum atomic E-state index is -3.52. The Bertz CT molecular complexity index is 542. The van der Waals surface area contributed by atoms with Gasteiger partial charge >= 0.3 is 0 Å². The Kier molecular flexibility index (Phi) is 6.13. The molecule has 6 nitrogen and oxygen atoms in total. The molecule has 1 saturated heterocycles. The Morgan fingerprint density at radius 1 is 1.33 bits per heavy atom. The Morgan fingerprint density at radius 3 is 2.90 bits per heavy atom. The van der Waals surface area contributed by atoms with Crippen molar-refractivity contribution in [3.63, 3.8) is 0 Å². The Hall–Kier alpha value is -0.990. The van der Waals surface area contributed by atoms with Crippen LogP contribution in [0.4, 0.5) is 0 Å². The fraction of sp³-hybridized carbons (Fsp3) is 0.571. The van der Waals surface area contributed by atoms with E-state index >= 15 is 0 Å². The van der Waals surface area contributed by atoms with Crippen LogP contribution in [0.15, 0.2) is 29.2 Å². The Morgan fingerprint density at radius 2 is 2.19 bits per heavy atom. The molecule has 2 rings (SSSR count). The molecule has 1 aliphatic heterocycles. The van der Waals surface area contributed by atoms with Crippen LogP contribution >= 0.6 is 0 Å². The van der Waals surface area contributed by atoms with E-state index in [1.807, 2.05) is 13.0 Å². The van der Waals surface area contributed by atoms with Gasteiger partial charge in [0.05, 0.1) is 30.8 Å². The van der Waals surface area contributed by atoms with Crippen molar-refractivity contribution < 1.29 is 17.9 Å². The number of benzene rings is 1. The van der Waals surface area contributed by atoms with E-state index in [9.17, 15) is 8.42 Å². The van der Waals surface area contributed by atoms with Gasteiger partial charge in [0.2, 0.25) is 10.0 Å². The van der Waals surface area contributed by atoms with Crippen LogP contribution in [0.1, 0.15) is 12.5 Å². The molecule has 0 aliphatic carbocycles. The summed E-state index contributed by atoms with van der Waals surface area (Å²) in [5.41, 5.74) is 0.942. The van der Waals surface area contributed by atoms with Crippen LogP contribution in [0.3, 0.4) is 0 Å². The number of nitrogens with one attached hydrogen (secondary N) is 2. The van der Waals surface area contributed by atoms with Crippen molar-refractivity contribution in [3.05, 3.63) is 29.8 Å². The number of rotatable bonds is 7. The van der Waals surface area contributed by atoms with E-state index < -0.39 is 10.0 Å². The molecule has 0 bridgehead atoms. The number of hydrogen-bond acceptors (Lipinski definition) is 5. The summed E-state index contributed by atoms with van der Waals surface area (Å²) >= 11 is 0. The lowest BCUT2D eigenvalue weighted by Crippen LogP contribution is -2.39. The summed E-state index contributed by atoms with van der Waals surface area (Å²) in [6.45, 7) is 5.21. The lowest BCUT2D eigenvalue weighted by Gasteiger charge is -2.23. The Balaban J connectivity index is 1.97. The molecule has 1 heterocycles. The zero-order valence-electron chi connectivity index (χ0n) is 12.2. The van der Waals surface area contributed by atoms with Crippen molar-refractivity contribution in [1.29, 1.82) is 0 Å². The quantitative estimate of drug-likeness (QED) is 0.766. The molecule has 118 valence electrons. The van der Waals surface area contributed by atoms with Gasteiger partial charge in [0.1, 0.15) is 0 Å². The maximum atomic E-state index is 12.3. The SMILES string of the molecule is CCNCc1cccc(S(=O)(=O)NCC2COCCO2)c1. The van der Waals surface area contributed by atoms with Crippen molar-refractivity contribution in [2.75, 3.05) is 32.9 Å². The summed E-state index contributed by atoms with van der Waals surface area (Å²) < 4.78 is 37.8. The predicted octanol–water partition coefficient (Wildman–Crippen LogP) is 0.490. The molecule has 1 aliphatic rings. The van der Waals surface area contributed by atoms with Crippen molar-refractivity contribution in [2.24, 2.45) is 0 Å². The predicted molar refractivity (Wildman–Crippen MR) is 79.6 cm³/mol. The summed E-state index contributed by atoms with van der Waals surface area (Å²) in [4.78, 5) is 0.273. The Labute approximate surface area is 125 Å². The summed E-state index contributed by atoms with van der Waals surface area (Å²) in [5.74, 6) is 0. The van der Waals surface area contributed by atoms with E-state index in [1.54, 1.807) is 18.2 Å². The lowest BCUT2D eigenvalue weighted by atomic mass is 10.2. The van der Waals surface area contributed by atoms with Crippen molar-refractivity contribution >= 4 is 10.0 Å². The van der Waals surface area contributed by atoms with Crippen LogP contribution < -0.4 is 10.0 Å². The van der Waals surface area contributed by atoms with Gasteiger partial charge in [-0.15, -0.1) is 0 Å². The van der Waals surface area contributed by atoms with Crippen LogP contribution in [0, 0.1) is 0 Å². The van der Waals surface area contributed by atoms with Gasteiger partial charge in [0.15, 0.2) is 0 Å². The minimum absolute atomic E-state index is 0.222. The molecule has 1 fully saturated rings. The van der Waals surface area contributed by atoms with Gasteiger partial charge in [-0.25, -0.2) is 13.1 Å². The van der Waals surface area contributed by atoms with E-state index in [0.717, 1.165) is 12.1 Å². The molecule has 0 aromatic heterocycles. The molecule has 0 spiro atoms. The largest absolute Gasteiger partial charge is 0.376 e. The zero-order chi connectivity index (χ0) is 15.1. The first-order valence-electron chi connectivity index (χ1n) is 7.10. The molecular weight excluding hydrogens is 292 g/mol. The van der Waals surface area contributed by atoms with Crippen LogP contribution in [0.5, 0.6) is 0 Å². The minimum Gasteiger partial charge on any atom is -0.376 e. The average molecular weight is 314 g/mol.